The third-order valence-corrected chi connectivity index (χ3v) is 3.29. The number of ether oxygens (including phenoxy) is 2. The highest BCUT2D eigenvalue weighted by molar-refractivity contribution is 5.97. The van der Waals surface area contributed by atoms with Crippen LogP contribution in [0.4, 0.5) is 5.82 Å². The van der Waals surface area contributed by atoms with E-state index in [-0.39, 0.29) is 18.0 Å². The van der Waals surface area contributed by atoms with Crippen LogP contribution in [0.25, 0.3) is 0 Å². The number of rotatable bonds is 4. The van der Waals surface area contributed by atoms with Crippen LogP contribution in [-0.2, 0) is 9.47 Å². The smallest absolute Gasteiger partial charge is 0.170 e. The molecule has 2 heterocycles. The average Bonchev–Trinajstić information content (AvgIpc) is 2.89. The summed E-state index contributed by atoms with van der Waals surface area (Å²) in [7, 11) is 3.33. The highest BCUT2D eigenvalue weighted by Gasteiger charge is 2.33. The monoisotopic (exact) mass is 266 g/mol. The molecule has 2 atom stereocenters. The van der Waals surface area contributed by atoms with Gasteiger partial charge in [-0.05, 0) is 12.1 Å². The topological polar surface area (TPSA) is 93.2 Å². The minimum atomic E-state index is 0.0133. The van der Waals surface area contributed by atoms with E-state index < -0.39 is 0 Å². The summed E-state index contributed by atoms with van der Waals surface area (Å²) >= 11 is 0. The lowest BCUT2D eigenvalue weighted by atomic mass is 10.2. The summed E-state index contributed by atoms with van der Waals surface area (Å²) in [6.45, 7) is 1.39. The lowest BCUT2D eigenvalue weighted by Gasteiger charge is -2.17. The normalized spacial score (nSPS) is 23.9. The van der Waals surface area contributed by atoms with Crippen LogP contribution in [0, 0.1) is 0 Å². The second-order valence-corrected chi connectivity index (χ2v) is 4.34. The number of amidine groups is 1. The number of aromatic nitrogens is 1. The summed E-state index contributed by atoms with van der Waals surface area (Å²) < 4.78 is 10.8. The predicted octanol–water partition coefficient (Wildman–Crippen LogP) is 0.0261. The number of anilines is 1. The molecule has 2 unspecified atom stereocenters. The Balaban J connectivity index is 2.19. The van der Waals surface area contributed by atoms with Gasteiger partial charge < -0.3 is 25.3 Å². The fourth-order valence-electron chi connectivity index (χ4n) is 2.19. The van der Waals surface area contributed by atoms with Gasteiger partial charge in [0.25, 0.3) is 0 Å². The van der Waals surface area contributed by atoms with Crippen LogP contribution < -0.4 is 10.6 Å². The van der Waals surface area contributed by atoms with Gasteiger partial charge in [-0.1, -0.05) is 5.16 Å². The molecule has 1 saturated heterocycles. The number of nitrogens with zero attached hydrogens (tertiary/aromatic N) is 3. The summed E-state index contributed by atoms with van der Waals surface area (Å²) in [5, 5.41) is 11.7. The van der Waals surface area contributed by atoms with E-state index in [9.17, 15) is 0 Å². The average molecular weight is 266 g/mol. The Morgan fingerprint density at radius 3 is 2.58 bits per heavy atom. The lowest BCUT2D eigenvalue weighted by molar-refractivity contribution is -0.00461. The molecule has 1 aliphatic heterocycles. The van der Waals surface area contributed by atoms with E-state index >= 15 is 0 Å². The van der Waals surface area contributed by atoms with Crippen molar-refractivity contribution >= 4 is 11.7 Å². The first kappa shape index (κ1) is 13.6. The van der Waals surface area contributed by atoms with E-state index in [4.69, 9.17) is 20.4 Å². The zero-order valence-electron chi connectivity index (χ0n) is 11.0. The highest BCUT2D eigenvalue weighted by atomic mass is 16.5. The number of hydrogen-bond donors (Lipinski definition) is 2. The number of oxime groups is 1. The molecule has 0 spiro atoms. The molecular formula is C12H18N4O3. The molecule has 1 fully saturated rings. The molecule has 0 aromatic carbocycles. The van der Waals surface area contributed by atoms with Crippen LogP contribution in [-0.4, -0.2) is 55.5 Å². The number of hydrogen-bond acceptors (Lipinski definition) is 6. The zero-order chi connectivity index (χ0) is 13.8. The van der Waals surface area contributed by atoms with Gasteiger partial charge in [-0.25, -0.2) is 4.98 Å². The van der Waals surface area contributed by atoms with Gasteiger partial charge in [-0.3, -0.25) is 0 Å². The van der Waals surface area contributed by atoms with Gasteiger partial charge in [0.05, 0.1) is 0 Å². The molecule has 7 heteroatoms. The van der Waals surface area contributed by atoms with Crippen LogP contribution in [0.2, 0.25) is 0 Å². The van der Waals surface area contributed by atoms with Crippen molar-refractivity contribution in [2.24, 2.45) is 10.9 Å². The molecule has 0 saturated carbocycles. The van der Waals surface area contributed by atoms with Crippen molar-refractivity contribution in [1.82, 2.24) is 4.98 Å². The summed E-state index contributed by atoms with van der Waals surface area (Å²) in [4.78, 5) is 6.35. The minimum Gasteiger partial charge on any atom is -0.409 e. The minimum absolute atomic E-state index is 0.0133. The van der Waals surface area contributed by atoms with Gasteiger partial charge in [-0.15, -0.1) is 0 Å². The quantitative estimate of drug-likeness (QED) is 0.345. The first-order valence-corrected chi connectivity index (χ1v) is 5.94. The van der Waals surface area contributed by atoms with E-state index in [0.717, 1.165) is 5.82 Å². The van der Waals surface area contributed by atoms with E-state index in [2.05, 4.69) is 15.0 Å². The standard InChI is InChI=1S/C12H18N4O3/c1-18-9-6-16(7-10(9)19-2)11-5-8(3-4-14-11)12(13)15-17/h3-5,9-10,17H,6-7H2,1-2H3,(H2,13,15). The van der Waals surface area contributed by atoms with Crippen molar-refractivity contribution in [2.75, 3.05) is 32.2 Å². The van der Waals surface area contributed by atoms with Crippen LogP contribution >= 0.6 is 0 Å². The Morgan fingerprint density at radius 1 is 1.42 bits per heavy atom. The Bertz CT molecular complexity index is 454. The molecule has 104 valence electrons. The van der Waals surface area contributed by atoms with E-state index in [0.29, 0.717) is 18.7 Å². The van der Waals surface area contributed by atoms with Gasteiger partial charge >= 0.3 is 0 Å². The molecule has 0 aliphatic carbocycles. The molecular weight excluding hydrogens is 248 g/mol. The molecule has 19 heavy (non-hydrogen) atoms. The SMILES string of the molecule is COC1CN(c2cc(/C(N)=N/O)ccn2)CC1OC. The molecule has 0 radical (unpaired) electrons. The molecule has 2 rings (SSSR count). The molecule has 0 amide bonds. The van der Waals surface area contributed by atoms with Gasteiger partial charge in [0.1, 0.15) is 18.0 Å². The van der Waals surface area contributed by atoms with Gasteiger partial charge in [-0.2, -0.15) is 0 Å². The van der Waals surface area contributed by atoms with Crippen molar-refractivity contribution in [3.05, 3.63) is 23.9 Å². The van der Waals surface area contributed by atoms with Crippen molar-refractivity contribution in [3.8, 4) is 0 Å². The van der Waals surface area contributed by atoms with Gasteiger partial charge in [0.15, 0.2) is 5.84 Å². The van der Waals surface area contributed by atoms with Crippen LogP contribution in [0.3, 0.4) is 0 Å². The number of nitrogens with two attached hydrogens (primary N) is 1. The second kappa shape index (κ2) is 5.85. The highest BCUT2D eigenvalue weighted by Crippen LogP contribution is 2.22. The molecule has 1 aromatic rings. The van der Waals surface area contributed by atoms with Crippen molar-refractivity contribution in [1.29, 1.82) is 0 Å². The van der Waals surface area contributed by atoms with Crippen LogP contribution in [0.1, 0.15) is 5.56 Å². The Hall–Kier alpha value is -1.86. The van der Waals surface area contributed by atoms with Crippen LogP contribution in [0.5, 0.6) is 0 Å². The lowest BCUT2D eigenvalue weighted by Crippen LogP contribution is -2.27. The van der Waals surface area contributed by atoms with Gasteiger partial charge in [0, 0.05) is 39.1 Å². The molecule has 7 nitrogen and oxygen atoms in total. The van der Waals surface area contributed by atoms with E-state index in [1.807, 2.05) is 0 Å². The van der Waals surface area contributed by atoms with Crippen LogP contribution in [0.15, 0.2) is 23.5 Å². The third kappa shape index (κ3) is 2.77. The Labute approximate surface area is 111 Å². The van der Waals surface area contributed by atoms with Crippen molar-refractivity contribution in [2.45, 2.75) is 12.2 Å². The molecule has 0 bridgehead atoms. The second-order valence-electron chi connectivity index (χ2n) is 4.34. The fourth-order valence-corrected chi connectivity index (χ4v) is 2.19. The first-order valence-electron chi connectivity index (χ1n) is 5.94. The van der Waals surface area contributed by atoms with Crippen molar-refractivity contribution in [3.63, 3.8) is 0 Å². The third-order valence-electron chi connectivity index (χ3n) is 3.29. The zero-order valence-corrected chi connectivity index (χ0v) is 11.0. The van der Waals surface area contributed by atoms with Crippen molar-refractivity contribution < 1.29 is 14.7 Å². The maximum absolute atomic E-state index is 8.69. The summed E-state index contributed by atoms with van der Waals surface area (Å²) in [5.41, 5.74) is 6.20. The van der Waals surface area contributed by atoms with E-state index in [1.165, 1.54) is 0 Å². The maximum atomic E-state index is 8.69. The Kier molecular flexibility index (Phi) is 4.18. The molecule has 1 aliphatic rings. The molecule has 1 aromatic heterocycles. The summed E-state index contributed by atoms with van der Waals surface area (Å²) in [6.07, 6.45) is 1.66. The van der Waals surface area contributed by atoms with Gasteiger partial charge in [0.2, 0.25) is 0 Å². The number of pyridine rings is 1. The number of methoxy groups -OCH3 is 2. The largest absolute Gasteiger partial charge is 0.409 e. The molecule has 3 N–H and O–H groups in total. The fraction of sp³-hybridized carbons (Fsp3) is 0.500. The Morgan fingerprint density at radius 2 is 2.05 bits per heavy atom. The predicted molar refractivity (Wildman–Crippen MR) is 70.6 cm³/mol. The first-order chi connectivity index (χ1) is 9.19. The van der Waals surface area contributed by atoms with E-state index in [1.54, 1.807) is 32.5 Å². The maximum Gasteiger partial charge on any atom is 0.170 e. The summed E-state index contributed by atoms with van der Waals surface area (Å²) in [5.74, 6) is 0.820. The summed E-state index contributed by atoms with van der Waals surface area (Å²) in [6, 6.07) is 3.47.